The summed E-state index contributed by atoms with van der Waals surface area (Å²) < 4.78 is 0. The van der Waals surface area contributed by atoms with Crippen LogP contribution in [0.1, 0.15) is 5.56 Å². The number of nitrogens with zero attached hydrogens (tertiary/aromatic N) is 1. The van der Waals surface area contributed by atoms with Crippen LogP contribution in [0.15, 0.2) is 23.0 Å². The van der Waals surface area contributed by atoms with Gasteiger partial charge in [0.05, 0.1) is 17.8 Å². The molecule has 0 bridgehead atoms. The number of hydrogen-bond donors (Lipinski definition) is 3. The Bertz CT molecular complexity index is 515. The molecule has 0 saturated carbocycles. The molecule has 0 aliphatic heterocycles. The summed E-state index contributed by atoms with van der Waals surface area (Å²) in [5, 5.41) is 8.88. The van der Waals surface area contributed by atoms with E-state index in [1.165, 1.54) is 0 Å². The van der Waals surface area contributed by atoms with Crippen molar-refractivity contribution in [2.45, 2.75) is 6.54 Å². The Labute approximate surface area is 86.4 Å². The summed E-state index contributed by atoms with van der Waals surface area (Å²) in [5.41, 5.74) is 2.45. The SMILES string of the molecule is CN(CO)Cc1ccc2[nH]c(=O)[nH]c2c1. The first-order valence-corrected chi connectivity index (χ1v) is 4.69. The predicted octanol–water partition coefficient (Wildman–Crippen LogP) is 0.238. The fraction of sp³-hybridized carbons (Fsp3) is 0.300. The van der Waals surface area contributed by atoms with Gasteiger partial charge in [0.15, 0.2) is 0 Å². The molecule has 0 amide bonds. The molecule has 0 unspecified atom stereocenters. The Balaban J connectivity index is 2.34. The van der Waals surface area contributed by atoms with E-state index < -0.39 is 0 Å². The molecule has 1 heterocycles. The zero-order valence-electron chi connectivity index (χ0n) is 8.45. The molecule has 2 aromatic rings. The van der Waals surface area contributed by atoms with E-state index in [2.05, 4.69) is 9.97 Å². The molecule has 0 radical (unpaired) electrons. The van der Waals surface area contributed by atoms with Gasteiger partial charge in [0, 0.05) is 6.54 Å². The minimum absolute atomic E-state index is 0.0156. The lowest BCUT2D eigenvalue weighted by atomic mass is 10.2. The number of rotatable bonds is 3. The maximum atomic E-state index is 11.0. The highest BCUT2D eigenvalue weighted by Gasteiger charge is 2.02. The number of hydrogen-bond acceptors (Lipinski definition) is 3. The number of nitrogens with one attached hydrogen (secondary N) is 2. The number of H-pyrrole nitrogens is 2. The van der Waals surface area contributed by atoms with Crippen LogP contribution in [-0.2, 0) is 6.54 Å². The van der Waals surface area contributed by atoms with E-state index in [1.54, 1.807) is 4.90 Å². The van der Waals surface area contributed by atoms with Gasteiger partial charge in [-0.1, -0.05) is 6.07 Å². The third-order valence-electron chi connectivity index (χ3n) is 2.27. The molecule has 0 fully saturated rings. The summed E-state index contributed by atoms with van der Waals surface area (Å²) in [6.45, 7) is 0.668. The molecule has 5 nitrogen and oxygen atoms in total. The molecule has 0 aliphatic carbocycles. The number of benzene rings is 1. The van der Waals surface area contributed by atoms with Gasteiger partial charge in [0.2, 0.25) is 0 Å². The van der Waals surface area contributed by atoms with Gasteiger partial charge in [0.1, 0.15) is 0 Å². The van der Waals surface area contributed by atoms with Gasteiger partial charge in [-0.2, -0.15) is 0 Å². The zero-order chi connectivity index (χ0) is 10.8. The molecule has 1 aromatic heterocycles. The highest BCUT2D eigenvalue weighted by Crippen LogP contribution is 2.11. The van der Waals surface area contributed by atoms with Gasteiger partial charge < -0.3 is 15.1 Å². The van der Waals surface area contributed by atoms with Gasteiger partial charge in [-0.3, -0.25) is 4.90 Å². The average Bonchev–Trinajstić information content (AvgIpc) is 2.57. The summed E-state index contributed by atoms with van der Waals surface area (Å²) in [4.78, 5) is 18.2. The highest BCUT2D eigenvalue weighted by atomic mass is 16.3. The van der Waals surface area contributed by atoms with Crippen LogP contribution in [0, 0.1) is 0 Å². The van der Waals surface area contributed by atoms with E-state index in [0.717, 1.165) is 16.6 Å². The summed E-state index contributed by atoms with van der Waals surface area (Å²) in [6.07, 6.45) is 0. The van der Waals surface area contributed by atoms with E-state index in [9.17, 15) is 4.79 Å². The molecule has 2 rings (SSSR count). The maximum absolute atomic E-state index is 11.0. The van der Waals surface area contributed by atoms with Crippen LogP contribution < -0.4 is 5.69 Å². The summed E-state index contributed by atoms with van der Waals surface area (Å²) in [5.74, 6) is 0. The Kier molecular flexibility index (Phi) is 2.57. The van der Waals surface area contributed by atoms with Crippen molar-refractivity contribution in [1.29, 1.82) is 0 Å². The molecule has 0 atom stereocenters. The van der Waals surface area contributed by atoms with Crippen molar-refractivity contribution in [3.63, 3.8) is 0 Å². The fourth-order valence-electron chi connectivity index (χ4n) is 1.54. The number of imidazole rings is 1. The number of fused-ring (bicyclic) bond motifs is 1. The second-order valence-corrected chi connectivity index (χ2v) is 3.61. The topological polar surface area (TPSA) is 72.1 Å². The van der Waals surface area contributed by atoms with Crippen molar-refractivity contribution in [3.05, 3.63) is 34.2 Å². The number of aromatic amines is 2. The third kappa shape index (κ3) is 2.08. The molecular formula is C10H13N3O2. The number of aliphatic hydroxyl groups excluding tert-OH is 1. The van der Waals surface area contributed by atoms with Crippen LogP contribution in [0.3, 0.4) is 0 Å². The lowest BCUT2D eigenvalue weighted by molar-refractivity contribution is 0.127. The molecule has 0 saturated heterocycles. The second-order valence-electron chi connectivity index (χ2n) is 3.61. The number of aliphatic hydroxyl groups is 1. The largest absolute Gasteiger partial charge is 0.381 e. The Morgan fingerprint density at radius 1 is 1.33 bits per heavy atom. The monoisotopic (exact) mass is 207 g/mol. The van der Waals surface area contributed by atoms with Crippen molar-refractivity contribution >= 4 is 11.0 Å². The van der Waals surface area contributed by atoms with Crippen LogP contribution in [0.2, 0.25) is 0 Å². The minimum atomic E-state index is -0.197. The van der Waals surface area contributed by atoms with Gasteiger partial charge in [-0.05, 0) is 24.7 Å². The lowest BCUT2D eigenvalue weighted by Gasteiger charge is -2.12. The fourth-order valence-corrected chi connectivity index (χ4v) is 1.54. The highest BCUT2D eigenvalue weighted by molar-refractivity contribution is 5.74. The second kappa shape index (κ2) is 3.88. The normalized spacial score (nSPS) is 11.4. The molecular weight excluding hydrogens is 194 g/mol. The molecule has 5 heteroatoms. The van der Waals surface area contributed by atoms with Gasteiger partial charge in [0.25, 0.3) is 0 Å². The summed E-state index contributed by atoms with van der Waals surface area (Å²) in [7, 11) is 1.82. The van der Waals surface area contributed by atoms with Crippen molar-refractivity contribution < 1.29 is 5.11 Å². The zero-order valence-corrected chi connectivity index (χ0v) is 8.45. The summed E-state index contributed by atoms with van der Waals surface area (Å²) >= 11 is 0. The van der Waals surface area contributed by atoms with Crippen LogP contribution in [-0.4, -0.2) is 33.8 Å². The molecule has 15 heavy (non-hydrogen) atoms. The first kappa shape index (κ1) is 9.95. The first-order valence-electron chi connectivity index (χ1n) is 4.69. The molecule has 3 N–H and O–H groups in total. The van der Waals surface area contributed by atoms with Crippen molar-refractivity contribution in [3.8, 4) is 0 Å². The summed E-state index contributed by atoms with van der Waals surface area (Å²) in [6, 6.07) is 5.69. The Hall–Kier alpha value is -1.59. The predicted molar refractivity (Wildman–Crippen MR) is 57.5 cm³/mol. The van der Waals surface area contributed by atoms with E-state index in [4.69, 9.17) is 5.11 Å². The van der Waals surface area contributed by atoms with Crippen LogP contribution in [0.4, 0.5) is 0 Å². The molecule has 0 aliphatic rings. The van der Waals surface area contributed by atoms with E-state index in [1.807, 2.05) is 25.2 Å². The quantitative estimate of drug-likeness (QED) is 0.631. The van der Waals surface area contributed by atoms with Crippen molar-refractivity contribution in [1.82, 2.24) is 14.9 Å². The van der Waals surface area contributed by atoms with E-state index >= 15 is 0 Å². The minimum Gasteiger partial charge on any atom is -0.381 e. The third-order valence-corrected chi connectivity index (χ3v) is 2.27. The molecule has 0 spiro atoms. The van der Waals surface area contributed by atoms with E-state index in [-0.39, 0.29) is 12.4 Å². The van der Waals surface area contributed by atoms with Gasteiger partial charge >= 0.3 is 5.69 Å². The van der Waals surface area contributed by atoms with Crippen LogP contribution in [0.25, 0.3) is 11.0 Å². The van der Waals surface area contributed by atoms with Crippen molar-refractivity contribution in [2.24, 2.45) is 0 Å². The average molecular weight is 207 g/mol. The molecule has 1 aromatic carbocycles. The van der Waals surface area contributed by atoms with Crippen LogP contribution in [0.5, 0.6) is 0 Å². The standard InChI is InChI=1S/C10H13N3O2/c1-13(6-14)5-7-2-3-8-9(4-7)12-10(15)11-8/h2-4,14H,5-6H2,1H3,(H2,11,12,15). The Morgan fingerprint density at radius 2 is 2.07 bits per heavy atom. The van der Waals surface area contributed by atoms with Gasteiger partial charge in [-0.25, -0.2) is 4.79 Å². The Morgan fingerprint density at radius 3 is 2.80 bits per heavy atom. The van der Waals surface area contributed by atoms with Crippen molar-refractivity contribution in [2.75, 3.05) is 13.8 Å². The van der Waals surface area contributed by atoms with E-state index in [0.29, 0.717) is 6.54 Å². The number of aromatic nitrogens is 2. The molecule has 80 valence electrons. The maximum Gasteiger partial charge on any atom is 0.323 e. The van der Waals surface area contributed by atoms with Gasteiger partial charge in [-0.15, -0.1) is 0 Å². The lowest BCUT2D eigenvalue weighted by Crippen LogP contribution is -2.18. The first-order chi connectivity index (χ1) is 7.19. The van der Waals surface area contributed by atoms with Crippen LogP contribution >= 0.6 is 0 Å². The smallest absolute Gasteiger partial charge is 0.323 e.